The minimum absolute atomic E-state index is 0.306. The molecule has 2 aliphatic heterocycles. The third kappa shape index (κ3) is 0.944. The molecular weight excluding hydrogens is 172 g/mol. The van der Waals surface area contributed by atoms with Crippen LogP contribution >= 0.6 is 0 Å². The summed E-state index contributed by atoms with van der Waals surface area (Å²) in [4.78, 5) is 0. The fraction of sp³-hybridized carbons (Fsp3) is 1.00. The highest BCUT2D eigenvalue weighted by atomic mass is 16.9. The Balaban J connectivity index is 1.97. The van der Waals surface area contributed by atoms with Gasteiger partial charge in [-0.3, -0.25) is 0 Å². The predicted octanol–water partition coefficient (Wildman–Crippen LogP) is 1.35. The van der Waals surface area contributed by atoms with Gasteiger partial charge in [0.05, 0.1) is 0 Å². The van der Waals surface area contributed by atoms with Gasteiger partial charge in [-0.1, -0.05) is 6.42 Å². The van der Waals surface area contributed by atoms with Gasteiger partial charge in [0, 0.05) is 12.8 Å². The van der Waals surface area contributed by atoms with Gasteiger partial charge in [-0.25, -0.2) is 0 Å². The Morgan fingerprint density at radius 1 is 0.615 bits per heavy atom. The zero-order chi connectivity index (χ0) is 8.78. The second-order valence-electron chi connectivity index (χ2n) is 3.88. The Kier molecular flexibility index (Phi) is 1.68. The Labute approximate surface area is 77.1 Å². The maximum atomic E-state index is 5.57. The summed E-state index contributed by atoms with van der Waals surface area (Å²) in [5.74, 6) is -1.16. The van der Waals surface area contributed by atoms with Crippen LogP contribution in [0.15, 0.2) is 0 Å². The van der Waals surface area contributed by atoms with Crippen molar-refractivity contribution in [2.24, 2.45) is 0 Å². The van der Waals surface area contributed by atoms with Gasteiger partial charge in [0.2, 0.25) is 11.6 Å². The molecule has 4 heteroatoms. The van der Waals surface area contributed by atoms with Crippen molar-refractivity contribution in [2.45, 2.75) is 43.7 Å². The van der Waals surface area contributed by atoms with Crippen molar-refractivity contribution < 1.29 is 18.9 Å². The lowest BCUT2D eigenvalue weighted by Crippen LogP contribution is -2.48. The van der Waals surface area contributed by atoms with Crippen LogP contribution < -0.4 is 0 Å². The van der Waals surface area contributed by atoms with Crippen LogP contribution in [-0.2, 0) is 18.9 Å². The average molecular weight is 186 g/mol. The molecule has 3 fully saturated rings. The molecule has 3 rings (SSSR count). The molecule has 0 unspecified atom stereocenters. The summed E-state index contributed by atoms with van der Waals surface area (Å²) in [7, 11) is 0. The third-order valence-corrected chi connectivity index (χ3v) is 3.26. The van der Waals surface area contributed by atoms with Gasteiger partial charge in [0.1, 0.15) is 0 Å². The van der Waals surface area contributed by atoms with Crippen molar-refractivity contribution in [3.05, 3.63) is 0 Å². The molecule has 13 heavy (non-hydrogen) atoms. The zero-order valence-electron chi connectivity index (χ0n) is 7.58. The Hall–Kier alpha value is -0.160. The molecule has 74 valence electrons. The van der Waals surface area contributed by atoms with E-state index in [2.05, 4.69) is 0 Å². The zero-order valence-corrected chi connectivity index (χ0v) is 7.58. The normalized spacial score (nSPS) is 49.8. The first-order valence-corrected chi connectivity index (χ1v) is 4.93. The molecule has 0 bridgehead atoms. The summed E-state index contributed by atoms with van der Waals surface area (Å²) in [6.07, 6.45) is 5.27. The maximum absolute atomic E-state index is 5.57. The van der Waals surface area contributed by atoms with Gasteiger partial charge in [-0.15, -0.1) is 0 Å². The molecule has 0 amide bonds. The average Bonchev–Trinajstić information content (AvgIpc) is 2.55. The molecule has 1 saturated carbocycles. The summed E-state index contributed by atoms with van der Waals surface area (Å²) >= 11 is 0. The van der Waals surface area contributed by atoms with Crippen LogP contribution in [0.25, 0.3) is 0 Å². The van der Waals surface area contributed by atoms with Gasteiger partial charge < -0.3 is 18.9 Å². The highest BCUT2D eigenvalue weighted by Gasteiger charge is 2.64. The van der Waals surface area contributed by atoms with E-state index in [-0.39, 0.29) is 0 Å². The van der Waals surface area contributed by atoms with Crippen molar-refractivity contribution in [1.82, 2.24) is 0 Å². The van der Waals surface area contributed by atoms with Crippen LogP contribution in [0, 0.1) is 0 Å². The summed E-state index contributed by atoms with van der Waals surface area (Å²) in [5.41, 5.74) is 0. The minimum Gasteiger partial charge on any atom is -0.318 e. The molecule has 4 nitrogen and oxygen atoms in total. The molecule has 3 aliphatic rings. The van der Waals surface area contributed by atoms with Gasteiger partial charge in [0.25, 0.3) is 0 Å². The summed E-state index contributed by atoms with van der Waals surface area (Å²) in [5, 5.41) is 0. The molecule has 1 aliphatic carbocycles. The largest absolute Gasteiger partial charge is 0.318 e. The maximum Gasteiger partial charge on any atom is 0.227 e. The highest BCUT2D eigenvalue weighted by molar-refractivity contribution is 4.96. The van der Waals surface area contributed by atoms with Crippen LogP contribution in [0.1, 0.15) is 32.1 Å². The number of rotatable bonds is 0. The summed E-state index contributed by atoms with van der Waals surface area (Å²) in [6.45, 7) is 0.611. The molecule has 0 radical (unpaired) electrons. The van der Waals surface area contributed by atoms with Crippen molar-refractivity contribution >= 4 is 0 Å². The first-order valence-electron chi connectivity index (χ1n) is 4.93. The van der Waals surface area contributed by atoms with E-state index >= 15 is 0 Å². The monoisotopic (exact) mass is 186 g/mol. The van der Waals surface area contributed by atoms with Crippen LogP contribution in [0.3, 0.4) is 0 Å². The molecule has 0 atom stereocenters. The molecule has 0 aromatic heterocycles. The molecule has 2 saturated heterocycles. The fourth-order valence-electron chi connectivity index (χ4n) is 2.52. The summed E-state index contributed by atoms with van der Waals surface area (Å²) < 4.78 is 22.3. The quantitative estimate of drug-likeness (QED) is 0.572. The van der Waals surface area contributed by atoms with Gasteiger partial charge in [-0.2, -0.15) is 0 Å². The predicted molar refractivity (Wildman–Crippen MR) is 42.6 cm³/mol. The van der Waals surface area contributed by atoms with E-state index in [0.29, 0.717) is 13.6 Å². The minimum atomic E-state index is -0.580. The second kappa shape index (κ2) is 2.67. The Morgan fingerprint density at radius 3 is 1.54 bits per heavy atom. The van der Waals surface area contributed by atoms with E-state index in [9.17, 15) is 0 Å². The number of hydrogen-bond donors (Lipinski definition) is 0. The molecule has 0 aromatic rings. The van der Waals surface area contributed by atoms with E-state index in [1.54, 1.807) is 0 Å². The third-order valence-electron chi connectivity index (χ3n) is 3.26. The van der Waals surface area contributed by atoms with Gasteiger partial charge in [-0.05, 0) is 12.8 Å². The van der Waals surface area contributed by atoms with Crippen LogP contribution in [0.4, 0.5) is 0 Å². The van der Waals surface area contributed by atoms with Crippen molar-refractivity contribution in [3.63, 3.8) is 0 Å². The summed E-state index contributed by atoms with van der Waals surface area (Å²) in [6, 6.07) is 0. The second-order valence-corrected chi connectivity index (χ2v) is 3.88. The SMILES string of the molecule is C1CCC23OCOC2(CC1)OCO3. The first-order chi connectivity index (χ1) is 6.37. The van der Waals surface area contributed by atoms with E-state index in [0.717, 1.165) is 25.7 Å². The Bertz CT molecular complexity index is 186. The molecule has 0 aromatic carbocycles. The van der Waals surface area contributed by atoms with Gasteiger partial charge in [0.15, 0.2) is 13.6 Å². The number of hydrogen-bond acceptors (Lipinski definition) is 4. The van der Waals surface area contributed by atoms with E-state index in [1.807, 2.05) is 0 Å². The van der Waals surface area contributed by atoms with E-state index in [4.69, 9.17) is 18.9 Å². The number of ether oxygens (including phenoxy) is 4. The van der Waals surface area contributed by atoms with Crippen molar-refractivity contribution in [2.75, 3.05) is 13.6 Å². The lowest BCUT2D eigenvalue weighted by molar-refractivity contribution is -0.221. The van der Waals surface area contributed by atoms with E-state index < -0.39 is 11.6 Å². The van der Waals surface area contributed by atoms with Gasteiger partial charge >= 0.3 is 0 Å². The van der Waals surface area contributed by atoms with E-state index in [1.165, 1.54) is 6.42 Å². The van der Waals surface area contributed by atoms with Crippen molar-refractivity contribution in [1.29, 1.82) is 0 Å². The van der Waals surface area contributed by atoms with Crippen LogP contribution in [0.2, 0.25) is 0 Å². The van der Waals surface area contributed by atoms with Crippen molar-refractivity contribution in [3.8, 4) is 0 Å². The topological polar surface area (TPSA) is 36.9 Å². The molecular formula is C9H14O4. The Morgan fingerprint density at radius 2 is 1.08 bits per heavy atom. The molecule has 2 heterocycles. The highest BCUT2D eigenvalue weighted by Crippen LogP contribution is 2.50. The lowest BCUT2D eigenvalue weighted by Gasteiger charge is -2.31. The van der Waals surface area contributed by atoms with Crippen LogP contribution in [-0.4, -0.2) is 25.2 Å². The first kappa shape index (κ1) is 8.17. The van der Waals surface area contributed by atoms with Crippen LogP contribution in [0.5, 0.6) is 0 Å². The molecule has 0 N–H and O–H groups in total. The molecule has 0 spiro atoms. The lowest BCUT2D eigenvalue weighted by atomic mass is 10.0. The smallest absolute Gasteiger partial charge is 0.227 e. The fourth-order valence-corrected chi connectivity index (χ4v) is 2.52. The standard InChI is InChI=1S/C9H14O4/c1-2-4-8-9(5-3-1,12-6-10-8)13-7-11-8/h1-7H2.